The molecule has 13 heavy (non-hydrogen) atoms. The highest BCUT2D eigenvalue weighted by Crippen LogP contribution is 2.21. The lowest BCUT2D eigenvalue weighted by Gasteiger charge is -2.15. The van der Waals surface area contributed by atoms with Crippen LogP contribution in [0.5, 0.6) is 0 Å². The zero-order valence-corrected chi connectivity index (χ0v) is 8.29. The Hall–Kier alpha value is -1.11. The Morgan fingerprint density at radius 3 is 2.77 bits per heavy atom. The zero-order valence-electron chi connectivity index (χ0n) is 8.29. The number of hydrogen-bond acceptors (Lipinski definition) is 1. The molecule has 0 aromatic heterocycles. The predicted molar refractivity (Wildman–Crippen MR) is 59.0 cm³/mol. The second-order valence-electron chi connectivity index (χ2n) is 3.18. The molecular formula is C12H17N. The fourth-order valence-electron chi connectivity index (χ4n) is 1.56. The molecular weight excluding hydrogens is 158 g/mol. The van der Waals surface area contributed by atoms with Gasteiger partial charge < -0.3 is 0 Å². The minimum absolute atomic E-state index is 1.11. The number of aliphatic imine (C=N–C) groups is 1. The third kappa shape index (κ3) is 3.02. The van der Waals surface area contributed by atoms with Crippen molar-refractivity contribution in [1.82, 2.24) is 0 Å². The largest absolute Gasteiger partial charge is 0.262 e. The summed E-state index contributed by atoms with van der Waals surface area (Å²) in [6.07, 6.45) is 12.8. The molecule has 0 spiro atoms. The molecule has 0 aromatic carbocycles. The van der Waals surface area contributed by atoms with Gasteiger partial charge in [-0.3, -0.25) is 4.99 Å². The van der Waals surface area contributed by atoms with E-state index < -0.39 is 0 Å². The van der Waals surface area contributed by atoms with Crippen molar-refractivity contribution >= 4 is 5.71 Å². The average Bonchev–Trinajstić information content (AvgIpc) is 2.17. The normalized spacial score (nSPS) is 24.4. The number of rotatable bonds is 2. The number of hydrogen-bond donors (Lipinski definition) is 0. The summed E-state index contributed by atoms with van der Waals surface area (Å²) in [5.74, 6) is 0. The third-order valence-corrected chi connectivity index (χ3v) is 2.22. The maximum Gasteiger partial charge on any atom is 0.0435 e. The second-order valence-corrected chi connectivity index (χ2v) is 3.18. The van der Waals surface area contributed by atoms with Crippen LogP contribution in [0.25, 0.3) is 0 Å². The highest BCUT2D eigenvalue weighted by molar-refractivity contribution is 6.01. The first-order chi connectivity index (χ1) is 6.38. The molecule has 0 saturated heterocycles. The van der Waals surface area contributed by atoms with E-state index in [0.29, 0.717) is 0 Å². The molecule has 0 amide bonds. The Morgan fingerprint density at radius 2 is 2.08 bits per heavy atom. The first-order valence-electron chi connectivity index (χ1n) is 4.88. The fraction of sp³-hybridized carbons (Fsp3) is 0.417. The van der Waals surface area contributed by atoms with Crippen LogP contribution in [0.4, 0.5) is 0 Å². The van der Waals surface area contributed by atoms with E-state index in [2.05, 4.69) is 23.7 Å². The van der Waals surface area contributed by atoms with E-state index in [-0.39, 0.29) is 0 Å². The van der Waals surface area contributed by atoms with Crippen molar-refractivity contribution in [3.05, 3.63) is 36.6 Å². The van der Waals surface area contributed by atoms with Crippen LogP contribution >= 0.6 is 0 Å². The lowest BCUT2D eigenvalue weighted by atomic mass is 9.92. The van der Waals surface area contributed by atoms with E-state index in [4.69, 9.17) is 0 Å². The molecule has 0 aliphatic heterocycles. The van der Waals surface area contributed by atoms with Crippen LogP contribution in [-0.4, -0.2) is 5.71 Å². The van der Waals surface area contributed by atoms with Crippen molar-refractivity contribution in [1.29, 1.82) is 0 Å². The smallest absolute Gasteiger partial charge is 0.0435 e. The van der Waals surface area contributed by atoms with Gasteiger partial charge >= 0.3 is 0 Å². The molecule has 1 aliphatic rings. The summed E-state index contributed by atoms with van der Waals surface area (Å²) in [7, 11) is 0. The van der Waals surface area contributed by atoms with Gasteiger partial charge in [-0.1, -0.05) is 24.8 Å². The predicted octanol–water partition coefficient (Wildman–Crippen LogP) is 3.65. The second kappa shape index (κ2) is 5.52. The van der Waals surface area contributed by atoms with E-state index in [1.165, 1.54) is 24.1 Å². The molecule has 0 heterocycles. The molecule has 1 heteroatoms. The first kappa shape index (κ1) is 9.97. The molecule has 1 aliphatic carbocycles. The Morgan fingerprint density at radius 1 is 1.31 bits per heavy atom. The molecule has 0 radical (unpaired) electrons. The zero-order chi connectivity index (χ0) is 9.52. The summed E-state index contributed by atoms with van der Waals surface area (Å²) in [4.78, 5) is 4.30. The highest BCUT2D eigenvalue weighted by Gasteiger charge is 2.11. The average molecular weight is 175 g/mol. The van der Waals surface area contributed by atoms with Crippen LogP contribution in [-0.2, 0) is 0 Å². The minimum atomic E-state index is 1.11. The lowest BCUT2D eigenvalue weighted by molar-refractivity contribution is 0.733. The topological polar surface area (TPSA) is 12.4 Å². The van der Waals surface area contributed by atoms with E-state index in [1.54, 1.807) is 6.20 Å². The molecule has 0 atom stereocenters. The minimum Gasteiger partial charge on any atom is -0.262 e. The standard InChI is InChI=1S/C12H17N/c1-3-5-8-11-9-6-7-10-12(11)13-4-2/h3-5,8H,2,6-7,9-10H2,1H3/b5-3-,11-8-,13-12?. The van der Waals surface area contributed by atoms with Gasteiger partial charge in [0.1, 0.15) is 0 Å². The van der Waals surface area contributed by atoms with Gasteiger partial charge in [0, 0.05) is 11.9 Å². The summed E-state index contributed by atoms with van der Waals surface area (Å²) in [5, 5.41) is 0. The third-order valence-electron chi connectivity index (χ3n) is 2.22. The Kier molecular flexibility index (Phi) is 4.24. The van der Waals surface area contributed by atoms with Gasteiger partial charge in [0.05, 0.1) is 0 Å². The van der Waals surface area contributed by atoms with E-state index in [1.807, 2.05) is 13.0 Å². The first-order valence-corrected chi connectivity index (χ1v) is 4.88. The van der Waals surface area contributed by atoms with Crippen molar-refractivity contribution < 1.29 is 0 Å². The maximum atomic E-state index is 4.30. The van der Waals surface area contributed by atoms with Crippen molar-refractivity contribution in [2.75, 3.05) is 0 Å². The van der Waals surface area contributed by atoms with Gasteiger partial charge in [-0.2, -0.15) is 0 Å². The molecule has 1 nitrogen and oxygen atoms in total. The summed E-state index contributed by atoms with van der Waals surface area (Å²) in [6, 6.07) is 0. The van der Waals surface area contributed by atoms with Gasteiger partial charge in [0.25, 0.3) is 0 Å². The van der Waals surface area contributed by atoms with Crippen LogP contribution in [0, 0.1) is 0 Å². The monoisotopic (exact) mass is 175 g/mol. The highest BCUT2D eigenvalue weighted by atomic mass is 14.7. The quantitative estimate of drug-likeness (QED) is 0.607. The van der Waals surface area contributed by atoms with Crippen LogP contribution in [0.3, 0.4) is 0 Å². The Balaban J connectivity index is 2.78. The maximum absolute atomic E-state index is 4.30. The summed E-state index contributed by atoms with van der Waals surface area (Å²) in [6.45, 7) is 5.67. The van der Waals surface area contributed by atoms with Crippen molar-refractivity contribution in [2.45, 2.75) is 32.6 Å². The molecule has 1 rings (SSSR count). The molecule has 0 unspecified atom stereocenters. The molecule has 1 saturated carbocycles. The van der Waals surface area contributed by atoms with Crippen molar-refractivity contribution in [3.63, 3.8) is 0 Å². The Labute approximate surface area is 80.6 Å². The Bertz CT molecular complexity index is 256. The van der Waals surface area contributed by atoms with Crippen molar-refractivity contribution in [2.24, 2.45) is 4.99 Å². The van der Waals surface area contributed by atoms with Crippen LogP contribution < -0.4 is 0 Å². The molecule has 1 fully saturated rings. The van der Waals surface area contributed by atoms with Crippen LogP contribution in [0.1, 0.15) is 32.6 Å². The SMILES string of the molecule is C=CN=C1CCCC/C1=C/C=C\C. The fourth-order valence-corrected chi connectivity index (χ4v) is 1.56. The lowest BCUT2D eigenvalue weighted by Crippen LogP contribution is -2.08. The summed E-state index contributed by atoms with van der Waals surface area (Å²) < 4.78 is 0. The van der Waals surface area contributed by atoms with E-state index >= 15 is 0 Å². The molecule has 70 valence electrons. The molecule has 0 bridgehead atoms. The number of allylic oxidation sites excluding steroid dienone is 4. The molecule has 0 aromatic rings. The van der Waals surface area contributed by atoms with Gasteiger partial charge in [-0.15, -0.1) is 0 Å². The van der Waals surface area contributed by atoms with Crippen LogP contribution in [0.2, 0.25) is 0 Å². The van der Waals surface area contributed by atoms with Gasteiger partial charge in [0.15, 0.2) is 0 Å². The number of nitrogens with zero attached hydrogens (tertiary/aromatic N) is 1. The summed E-state index contributed by atoms with van der Waals surface area (Å²) in [5.41, 5.74) is 2.60. The van der Waals surface area contributed by atoms with E-state index in [0.717, 1.165) is 12.8 Å². The van der Waals surface area contributed by atoms with E-state index in [9.17, 15) is 0 Å². The van der Waals surface area contributed by atoms with Gasteiger partial charge in [-0.25, -0.2) is 0 Å². The van der Waals surface area contributed by atoms with Gasteiger partial charge in [0.2, 0.25) is 0 Å². The van der Waals surface area contributed by atoms with Crippen LogP contribution in [0.15, 0.2) is 41.6 Å². The molecule has 0 N–H and O–H groups in total. The van der Waals surface area contributed by atoms with Gasteiger partial charge in [-0.05, 0) is 38.2 Å². The van der Waals surface area contributed by atoms with Crippen molar-refractivity contribution in [3.8, 4) is 0 Å². The summed E-state index contributed by atoms with van der Waals surface area (Å²) >= 11 is 0.